The lowest BCUT2D eigenvalue weighted by Gasteiger charge is -1.90. The molecule has 0 aromatic carbocycles. The second kappa shape index (κ2) is 3.23. The number of rotatable bonds is 3. The Morgan fingerprint density at radius 2 is 2.20 bits per heavy atom. The topological polar surface area (TPSA) is 110 Å². The third kappa shape index (κ3) is 3.93. The van der Waals surface area contributed by atoms with Crippen molar-refractivity contribution in [3.8, 4) is 5.40 Å². The van der Waals surface area contributed by atoms with Crippen molar-refractivity contribution in [3.63, 3.8) is 0 Å². The van der Waals surface area contributed by atoms with Crippen LogP contribution < -0.4 is 0 Å². The Bertz CT molecular complexity index is 260. The fourth-order valence-electron chi connectivity index (χ4n) is 0.135. The Morgan fingerprint density at radius 1 is 1.70 bits per heavy atom. The van der Waals surface area contributed by atoms with Gasteiger partial charge in [-0.05, 0) is 0 Å². The van der Waals surface area contributed by atoms with Crippen molar-refractivity contribution in [3.05, 3.63) is 10.1 Å². The first-order valence-corrected chi connectivity index (χ1v) is 4.38. The van der Waals surface area contributed by atoms with Crippen LogP contribution in [0.3, 0.4) is 0 Å². The second-order valence-corrected chi connectivity index (χ2v) is 3.92. The van der Waals surface area contributed by atoms with Crippen LogP contribution >= 0.6 is 10.8 Å². The van der Waals surface area contributed by atoms with Crippen LogP contribution in [0.5, 0.6) is 0 Å². The first kappa shape index (κ1) is 8.99. The molecule has 0 amide bonds. The van der Waals surface area contributed by atoms with Crippen molar-refractivity contribution in [2.24, 2.45) is 0 Å². The van der Waals surface area contributed by atoms with Crippen molar-refractivity contribution in [1.29, 1.82) is 5.26 Å². The molecule has 0 aliphatic rings. The summed E-state index contributed by atoms with van der Waals surface area (Å²) >= 11 is 0. The van der Waals surface area contributed by atoms with Crippen molar-refractivity contribution >= 4 is 19.9 Å². The molecular formula is CN2O5S2. The van der Waals surface area contributed by atoms with Gasteiger partial charge in [-0.15, -0.1) is 10.1 Å². The van der Waals surface area contributed by atoms with Crippen LogP contribution in [0.1, 0.15) is 0 Å². The summed E-state index contributed by atoms with van der Waals surface area (Å²) < 4.78 is 23.3. The molecule has 9 heteroatoms. The van der Waals surface area contributed by atoms with Gasteiger partial charge in [0.2, 0.25) is 0 Å². The van der Waals surface area contributed by atoms with Crippen LogP contribution in [-0.4, -0.2) is 13.5 Å². The Hall–Kier alpha value is -1.01. The minimum Gasteiger partial charge on any atom is -0.188 e. The molecule has 10 heavy (non-hydrogen) atoms. The molecule has 0 saturated heterocycles. The quantitative estimate of drug-likeness (QED) is 0.255. The highest BCUT2D eigenvalue weighted by molar-refractivity contribution is 8.72. The Morgan fingerprint density at radius 3 is 2.50 bits per heavy atom. The smallest absolute Gasteiger partial charge is 0.188 e. The fourth-order valence-corrected chi connectivity index (χ4v) is 0.920. The van der Waals surface area contributed by atoms with Crippen LogP contribution in [0.4, 0.5) is 0 Å². The zero-order chi connectivity index (χ0) is 8.20. The molecule has 0 aromatic rings. The van der Waals surface area contributed by atoms with Crippen LogP contribution in [0.2, 0.25) is 0 Å². The minimum absolute atomic E-state index is 0.324. The normalized spacial score (nSPS) is 9.90. The average Bonchev–Trinajstić information content (AvgIpc) is 1.59. The molecule has 7 nitrogen and oxygen atoms in total. The first-order chi connectivity index (χ1) is 4.48. The summed E-state index contributed by atoms with van der Waals surface area (Å²) in [6.07, 6.45) is 0. The van der Waals surface area contributed by atoms with Gasteiger partial charge >= 0.3 is 14.2 Å². The van der Waals surface area contributed by atoms with E-state index >= 15 is 0 Å². The van der Waals surface area contributed by atoms with Gasteiger partial charge in [0.25, 0.3) is 0 Å². The van der Waals surface area contributed by atoms with Gasteiger partial charge in [0.15, 0.2) is 5.40 Å². The van der Waals surface area contributed by atoms with Gasteiger partial charge in [0.1, 0.15) is 10.8 Å². The van der Waals surface area contributed by atoms with Gasteiger partial charge in [0, 0.05) is 0 Å². The maximum Gasteiger partial charge on any atom is 0.372 e. The van der Waals surface area contributed by atoms with E-state index in [1.54, 1.807) is 0 Å². The highest BCUT2D eigenvalue weighted by Crippen LogP contribution is 2.11. The summed E-state index contributed by atoms with van der Waals surface area (Å²) in [7, 11) is -4.70. The third-order valence-corrected chi connectivity index (χ3v) is 1.89. The standard InChI is InChI=1S/CN2O5S2/c2-1-9-10(6,7)8-3(4)5. The number of thiocyanates is 1. The number of hydrogen-bond acceptors (Lipinski definition) is 7. The van der Waals surface area contributed by atoms with Gasteiger partial charge in [-0.25, -0.2) is 0 Å². The maximum absolute atomic E-state index is 10.1. The van der Waals surface area contributed by atoms with Gasteiger partial charge in [-0.2, -0.15) is 18.0 Å². The summed E-state index contributed by atoms with van der Waals surface area (Å²) in [6, 6.07) is 0. The van der Waals surface area contributed by atoms with Gasteiger partial charge < -0.3 is 0 Å². The van der Waals surface area contributed by atoms with E-state index in [1.807, 2.05) is 0 Å². The summed E-state index contributed by atoms with van der Waals surface area (Å²) in [6.45, 7) is 0. The molecule has 0 saturated carbocycles. The molecule has 0 N–H and O–H groups in total. The van der Waals surface area contributed by atoms with Gasteiger partial charge in [-0.3, -0.25) is 0 Å². The predicted octanol–water partition coefficient (Wildman–Crippen LogP) is -0.346. The van der Waals surface area contributed by atoms with Crippen LogP contribution in [0.15, 0.2) is 0 Å². The molecular weight excluding hydrogens is 184 g/mol. The van der Waals surface area contributed by atoms with E-state index in [4.69, 9.17) is 5.26 Å². The van der Waals surface area contributed by atoms with E-state index in [-0.39, 0.29) is 10.8 Å². The molecule has 0 radical (unpaired) electrons. The molecule has 0 aliphatic carbocycles. The second-order valence-electron chi connectivity index (χ2n) is 0.881. The highest BCUT2D eigenvalue weighted by atomic mass is 33.1. The molecule has 0 bridgehead atoms. The highest BCUT2D eigenvalue weighted by Gasteiger charge is 2.15. The Labute approximate surface area is 59.2 Å². The zero-order valence-corrected chi connectivity index (χ0v) is 5.89. The molecule has 0 spiro atoms. The summed E-state index contributed by atoms with van der Waals surface area (Å²) in [5.74, 6) is 0. The van der Waals surface area contributed by atoms with E-state index in [0.29, 0.717) is 0 Å². The lowest BCUT2D eigenvalue weighted by molar-refractivity contribution is -0.710. The third-order valence-electron chi connectivity index (χ3n) is 0.291. The van der Waals surface area contributed by atoms with Crippen LogP contribution in [-0.2, 0) is 13.4 Å². The number of nitrogens with zero attached hydrogens (tertiary/aromatic N) is 2. The minimum atomic E-state index is -4.37. The van der Waals surface area contributed by atoms with E-state index in [1.165, 1.54) is 0 Å². The molecule has 0 rings (SSSR count). The van der Waals surface area contributed by atoms with Crippen LogP contribution in [0.25, 0.3) is 0 Å². The van der Waals surface area contributed by atoms with E-state index < -0.39 is 14.2 Å². The summed E-state index contributed by atoms with van der Waals surface area (Å²) in [5.41, 5.74) is 0. The van der Waals surface area contributed by atoms with Crippen molar-refractivity contribution in [1.82, 2.24) is 0 Å². The van der Waals surface area contributed by atoms with Gasteiger partial charge in [0.05, 0.1) is 0 Å². The number of nitriles is 1. The van der Waals surface area contributed by atoms with E-state index in [0.717, 1.165) is 5.40 Å². The Kier molecular flexibility index (Phi) is 2.91. The lowest BCUT2D eigenvalue weighted by Crippen LogP contribution is -2.05. The van der Waals surface area contributed by atoms with Crippen molar-refractivity contribution in [2.45, 2.75) is 0 Å². The van der Waals surface area contributed by atoms with E-state index in [9.17, 15) is 18.5 Å². The number of hydrogen-bond donors (Lipinski definition) is 0. The molecule has 0 aromatic heterocycles. The van der Waals surface area contributed by atoms with Crippen molar-refractivity contribution in [2.75, 3.05) is 0 Å². The lowest BCUT2D eigenvalue weighted by atomic mass is 11.8. The van der Waals surface area contributed by atoms with Crippen molar-refractivity contribution < 1.29 is 17.8 Å². The van der Waals surface area contributed by atoms with E-state index in [2.05, 4.69) is 4.28 Å². The van der Waals surface area contributed by atoms with Crippen LogP contribution in [0, 0.1) is 20.8 Å². The average molecular weight is 184 g/mol. The molecule has 0 fully saturated rings. The molecule has 0 aliphatic heterocycles. The molecule has 0 atom stereocenters. The largest absolute Gasteiger partial charge is 0.372 e. The first-order valence-electron chi connectivity index (χ1n) is 1.64. The Balaban J connectivity index is 4.19. The monoisotopic (exact) mass is 184 g/mol. The maximum atomic E-state index is 10.1. The zero-order valence-electron chi connectivity index (χ0n) is 4.25. The molecule has 56 valence electrons. The summed E-state index contributed by atoms with van der Waals surface area (Å²) in [4.78, 5) is 9.37. The molecule has 0 heterocycles. The SMILES string of the molecule is N#CSS(=O)(=O)O[N+](=O)[O-]. The summed E-state index contributed by atoms with van der Waals surface area (Å²) in [5, 5.41) is 16.7. The molecule has 0 unspecified atom stereocenters. The predicted molar refractivity (Wildman–Crippen MR) is 30.2 cm³/mol. The fraction of sp³-hybridized carbons (Fsp3) is 0. The van der Waals surface area contributed by atoms with Gasteiger partial charge in [-0.1, -0.05) is 0 Å².